The molecule has 0 saturated heterocycles. The van der Waals surface area contributed by atoms with Crippen LogP contribution in [0, 0.1) is 5.92 Å². The molecule has 0 radical (unpaired) electrons. The molecule has 4 nitrogen and oxygen atoms in total. The van der Waals surface area contributed by atoms with Gasteiger partial charge in [0.25, 0.3) is 0 Å². The highest BCUT2D eigenvalue weighted by atomic mass is 16.6. The van der Waals surface area contributed by atoms with Crippen molar-refractivity contribution in [2.24, 2.45) is 16.8 Å². The van der Waals surface area contributed by atoms with Crippen molar-refractivity contribution in [2.45, 2.75) is 46.8 Å². The van der Waals surface area contributed by atoms with Gasteiger partial charge in [0, 0.05) is 6.42 Å². The molecule has 4 heteroatoms. The van der Waals surface area contributed by atoms with E-state index in [9.17, 15) is 0 Å². The Morgan fingerprint density at radius 3 is 2.63 bits per heavy atom. The lowest BCUT2D eigenvalue weighted by Gasteiger charge is -2.10. The van der Waals surface area contributed by atoms with Gasteiger partial charge in [-0.1, -0.05) is 31.1 Å². The second-order valence-electron chi connectivity index (χ2n) is 5.27. The smallest absolute Gasteiger partial charge is 0.142 e. The van der Waals surface area contributed by atoms with Crippen molar-refractivity contribution in [1.82, 2.24) is 0 Å². The topological polar surface area (TPSA) is 56.8 Å². The monoisotopic (exact) mass is 264 g/mol. The lowest BCUT2D eigenvalue weighted by molar-refractivity contribution is 0.129. The molecule has 1 rings (SSSR count). The van der Waals surface area contributed by atoms with Crippen LogP contribution in [0.5, 0.6) is 5.75 Å². The number of nitrogens with zero attached hydrogens (tertiary/aromatic N) is 1. The normalized spacial score (nSPS) is 12.0. The van der Waals surface area contributed by atoms with Crippen LogP contribution in [0.25, 0.3) is 0 Å². The van der Waals surface area contributed by atoms with Gasteiger partial charge in [-0.2, -0.15) is 0 Å². The maximum atomic E-state index is 5.73. The first kappa shape index (κ1) is 15.3. The van der Waals surface area contributed by atoms with Crippen LogP contribution in [0.3, 0.4) is 0 Å². The van der Waals surface area contributed by atoms with Gasteiger partial charge < -0.3 is 15.3 Å². The van der Waals surface area contributed by atoms with Gasteiger partial charge >= 0.3 is 0 Å². The molecule has 1 aromatic rings. The molecule has 0 saturated carbocycles. The van der Waals surface area contributed by atoms with Gasteiger partial charge in [0.1, 0.15) is 18.2 Å². The fourth-order valence-electron chi connectivity index (χ4n) is 1.63. The highest BCUT2D eigenvalue weighted by Crippen LogP contribution is 2.15. The summed E-state index contributed by atoms with van der Waals surface area (Å²) in [4.78, 5) is 5.25. The summed E-state index contributed by atoms with van der Waals surface area (Å²) in [6.07, 6.45) is 0.909. The molecule has 0 spiro atoms. The van der Waals surface area contributed by atoms with Gasteiger partial charge in [0.2, 0.25) is 0 Å². The van der Waals surface area contributed by atoms with E-state index in [4.69, 9.17) is 15.3 Å². The van der Waals surface area contributed by atoms with Crippen LogP contribution in [0.2, 0.25) is 0 Å². The average molecular weight is 264 g/mol. The summed E-state index contributed by atoms with van der Waals surface area (Å²) in [5.41, 5.74) is 6.75. The van der Waals surface area contributed by atoms with E-state index in [1.807, 2.05) is 38.1 Å². The van der Waals surface area contributed by atoms with E-state index < -0.39 is 0 Å². The van der Waals surface area contributed by atoms with Crippen LogP contribution in [0.4, 0.5) is 0 Å². The third-order valence-electron chi connectivity index (χ3n) is 2.30. The molecule has 0 heterocycles. The highest BCUT2D eigenvalue weighted by Gasteiger charge is 2.01. The van der Waals surface area contributed by atoms with Crippen LogP contribution in [-0.4, -0.2) is 11.9 Å². The zero-order valence-electron chi connectivity index (χ0n) is 12.2. The average Bonchev–Trinajstić information content (AvgIpc) is 2.27. The summed E-state index contributed by atoms with van der Waals surface area (Å²) in [6, 6.07) is 7.80. The van der Waals surface area contributed by atoms with Crippen LogP contribution in [0.15, 0.2) is 29.4 Å². The molecule has 1 aromatic carbocycles. The largest absolute Gasteiger partial charge is 0.491 e. The predicted octanol–water partition coefficient (Wildman–Crippen LogP) is 3.31. The molecule has 19 heavy (non-hydrogen) atoms. The molecule has 0 unspecified atom stereocenters. The molecule has 0 fully saturated rings. The Morgan fingerprint density at radius 2 is 2.00 bits per heavy atom. The number of amidine groups is 1. The first-order chi connectivity index (χ1) is 8.97. The van der Waals surface area contributed by atoms with Crippen molar-refractivity contribution >= 4 is 5.84 Å². The van der Waals surface area contributed by atoms with Crippen LogP contribution < -0.4 is 10.5 Å². The quantitative estimate of drug-likeness (QED) is 0.467. The second kappa shape index (κ2) is 7.67. The van der Waals surface area contributed by atoms with Gasteiger partial charge in [-0.15, -0.1) is 0 Å². The van der Waals surface area contributed by atoms with E-state index in [0.717, 1.165) is 17.7 Å². The van der Waals surface area contributed by atoms with E-state index in [2.05, 4.69) is 19.0 Å². The van der Waals surface area contributed by atoms with E-state index in [-0.39, 0.29) is 6.10 Å². The van der Waals surface area contributed by atoms with Crippen molar-refractivity contribution < 1.29 is 9.57 Å². The fourth-order valence-corrected chi connectivity index (χ4v) is 1.63. The Kier molecular flexibility index (Phi) is 6.19. The zero-order chi connectivity index (χ0) is 14.3. The Hall–Kier alpha value is -1.71. The maximum Gasteiger partial charge on any atom is 0.142 e. The third-order valence-corrected chi connectivity index (χ3v) is 2.30. The van der Waals surface area contributed by atoms with Crippen molar-refractivity contribution in [3.63, 3.8) is 0 Å². The van der Waals surface area contributed by atoms with Crippen LogP contribution in [0.1, 0.15) is 39.7 Å². The van der Waals surface area contributed by atoms with Crippen molar-refractivity contribution in [3.05, 3.63) is 29.8 Å². The summed E-state index contributed by atoms with van der Waals surface area (Å²) in [7, 11) is 0. The Bertz CT molecular complexity index is 414. The van der Waals surface area contributed by atoms with Crippen molar-refractivity contribution in [3.8, 4) is 5.75 Å². The molecular formula is C15H24N2O2. The highest BCUT2D eigenvalue weighted by molar-refractivity contribution is 5.79. The van der Waals surface area contributed by atoms with Gasteiger partial charge in [-0.05, 0) is 37.5 Å². The number of hydrogen-bond donors (Lipinski definition) is 1. The van der Waals surface area contributed by atoms with E-state index in [0.29, 0.717) is 18.4 Å². The molecular weight excluding hydrogens is 240 g/mol. The molecule has 0 aromatic heterocycles. The van der Waals surface area contributed by atoms with Gasteiger partial charge in [-0.25, -0.2) is 0 Å². The molecule has 0 atom stereocenters. The number of oxime groups is 1. The second-order valence-corrected chi connectivity index (χ2v) is 5.27. The van der Waals surface area contributed by atoms with Gasteiger partial charge in [0.05, 0.1) is 6.10 Å². The van der Waals surface area contributed by atoms with Crippen molar-refractivity contribution in [2.75, 3.05) is 0 Å². The molecule has 2 N–H and O–H groups in total. The number of ether oxygens (including phenoxy) is 1. The first-order valence-corrected chi connectivity index (χ1v) is 6.67. The number of rotatable bonds is 7. The molecule has 0 aliphatic carbocycles. The Labute approximate surface area is 115 Å². The molecule has 0 amide bonds. The minimum atomic E-state index is 0.163. The van der Waals surface area contributed by atoms with Crippen LogP contribution in [-0.2, 0) is 11.4 Å². The fraction of sp³-hybridized carbons (Fsp3) is 0.533. The van der Waals surface area contributed by atoms with Crippen LogP contribution >= 0.6 is 0 Å². The summed E-state index contributed by atoms with van der Waals surface area (Å²) >= 11 is 0. The summed E-state index contributed by atoms with van der Waals surface area (Å²) in [6.45, 7) is 8.58. The SMILES string of the molecule is CC(C)C/C(N)=N/OCc1cccc(OC(C)C)c1. The summed E-state index contributed by atoms with van der Waals surface area (Å²) < 4.78 is 5.62. The molecule has 0 aliphatic heterocycles. The Morgan fingerprint density at radius 1 is 1.26 bits per heavy atom. The molecule has 0 bridgehead atoms. The lowest BCUT2D eigenvalue weighted by atomic mass is 10.1. The number of benzene rings is 1. The third kappa shape index (κ3) is 6.70. The molecule has 0 aliphatic rings. The predicted molar refractivity (Wildman–Crippen MR) is 78.1 cm³/mol. The summed E-state index contributed by atoms with van der Waals surface area (Å²) in [5.74, 6) is 1.86. The standard InChI is InChI=1S/C15H24N2O2/c1-11(2)8-15(16)17-18-10-13-6-5-7-14(9-13)19-12(3)4/h5-7,9,11-12H,8,10H2,1-4H3,(H2,16,17). The number of hydrogen-bond acceptors (Lipinski definition) is 3. The molecule has 106 valence electrons. The van der Waals surface area contributed by atoms with Gasteiger partial charge in [-0.3, -0.25) is 0 Å². The Balaban J connectivity index is 2.49. The van der Waals surface area contributed by atoms with E-state index >= 15 is 0 Å². The minimum absolute atomic E-state index is 0.163. The number of nitrogens with two attached hydrogens (primary N) is 1. The van der Waals surface area contributed by atoms with E-state index in [1.54, 1.807) is 0 Å². The van der Waals surface area contributed by atoms with Crippen molar-refractivity contribution in [1.29, 1.82) is 0 Å². The lowest BCUT2D eigenvalue weighted by Crippen LogP contribution is -2.14. The minimum Gasteiger partial charge on any atom is -0.491 e. The van der Waals surface area contributed by atoms with E-state index in [1.165, 1.54) is 0 Å². The zero-order valence-corrected chi connectivity index (χ0v) is 12.2. The summed E-state index contributed by atoms with van der Waals surface area (Å²) in [5, 5.41) is 3.90. The van der Waals surface area contributed by atoms with Gasteiger partial charge in [0.15, 0.2) is 0 Å². The maximum absolute atomic E-state index is 5.73. The first-order valence-electron chi connectivity index (χ1n) is 6.67.